The molecular weight excluding hydrogens is 472 g/mol. The Hall–Kier alpha value is -2.68. The highest BCUT2D eigenvalue weighted by Gasteiger charge is 2.08. The molecule has 0 aromatic heterocycles. The molecule has 31 heavy (non-hydrogen) atoms. The summed E-state index contributed by atoms with van der Waals surface area (Å²) >= 11 is 4.91. The van der Waals surface area contributed by atoms with Crippen molar-refractivity contribution in [1.82, 2.24) is 0 Å². The molecule has 160 valence electrons. The lowest BCUT2D eigenvalue weighted by Gasteiger charge is -2.04. The normalized spacial score (nSPS) is 11.1. The van der Waals surface area contributed by atoms with Gasteiger partial charge in [0.15, 0.2) is 0 Å². The summed E-state index contributed by atoms with van der Waals surface area (Å²) in [6.07, 6.45) is 15.0. The molecule has 5 heteroatoms. The highest BCUT2D eigenvalue weighted by Crippen LogP contribution is 2.23. The fourth-order valence-electron chi connectivity index (χ4n) is 2.46. The third-order valence-electron chi connectivity index (χ3n) is 3.98. The van der Waals surface area contributed by atoms with Gasteiger partial charge in [-0.25, -0.2) is 4.79 Å². The number of para-hydroxylation sites is 1. The Morgan fingerprint density at radius 1 is 0.935 bits per heavy atom. The van der Waals surface area contributed by atoms with Crippen molar-refractivity contribution in [3.05, 3.63) is 95.0 Å². The van der Waals surface area contributed by atoms with Gasteiger partial charge in [0.05, 0.1) is 15.8 Å². The molecule has 0 spiro atoms. The summed E-state index contributed by atoms with van der Waals surface area (Å²) in [5.41, 5.74) is 0.327. The zero-order chi connectivity index (χ0) is 22.2. The van der Waals surface area contributed by atoms with Crippen molar-refractivity contribution in [3.63, 3.8) is 0 Å². The van der Waals surface area contributed by atoms with Crippen LogP contribution in [0.3, 0.4) is 0 Å². The van der Waals surface area contributed by atoms with E-state index in [9.17, 15) is 4.79 Å². The summed E-state index contributed by atoms with van der Waals surface area (Å²) < 4.78 is 6.63. The molecule has 0 saturated heterocycles. The number of rotatable bonds is 11. The Bertz CT molecular complexity index is 983. The van der Waals surface area contributed by atoms with E-state index in [1.54, 1.807) is 12.1 Å². The van der Waals surface area contributed by atoms with E-state index in [-0.39, 0.29) is 0 Å². The smallest absolute Gasteiger partial charge is 0.336 e. The van der Waals surface area contributed by atoms with Gasteiger partial charge in [0.25, 0.3) is 0 Å². The number of ether oxygens (including phenoxy) is 1. The lowest BCUT2D eigenvalue weighted by atomic mass is 10.2. The largest absolute Gasteiger partial charge is 0.488 e. The topological polar surface area (TPSA) is 46.5 Å². The molecule has 0 fully saturated rings. The third kappa shape index (κ3) is 10.3. The number of halogens is 1. The maximum atomic E-state index is 11.2. The van der Waals surface area contributed by atoms with Crippen LogP contribution in [0.4, 0.5) is 0 Å². The SMILES string of the molecule is O=C(O)c1ccccc1SCC#CC/C=C\C/C=C\C/C=C\COc1ccccc1Br. The third-order valence-corrected chi connectivity index (χ3v) is 5.59. The second-order valence-electron chi connectivity index (χ2n) is 6.27. The van der Waals surface area contributed by atoms with Gasteiger partial charge in [-0.3, -0.25) is 0 Å². The van der Waals surface area contributed by atoms with Crippen LogP contribution in [-0.4, -0.2) is 23.4 Å². The van der Waals surface area contributed by atoms with E-state index >= 15 is 0 Å². The molecule has 1 N–H and O–H groups in total. The van der Waals surface area contributed by atoms with E-state index in [1.165, 1.54) is 11.8 Å². The average Bonchev–Trinajstić information content (AvgIpc) is 2.77. The Labute approximate surface area is 197 Å². The molecule has 0 atom stereocenters. The maximum Gasteiger partial charge on any atom is 0.336 e. The van der Waals surface area contributed by atoms with Crippen molar-refractivity contribution in [1.29, 1.82) is 0 Å². The number of thioether (sulfide) groups is 1. The number of aromatic carboxylic acids is 1. The molecule has 0 aliphatic carbocycles. The summed E-state index contributed by atoms with van der Waals surface area (Å²) in [4.78, 5) is 11.9. The van der Waals surface area contributed by atoms with Gasteiger partial charge in [-0.05, 0) is 53.0 Å². The standard InChI is InChI=1S/C26H25BrO3S/c27-23-17-11-12-18-24(23)30-20-14-8-6-4-2-1-3-5-7-9-15-21-31-25-19-13-10-16-22(25)26(28)29/h2-5,8,10-14,16-19H,1,6-7,20-21H2,(H,28,29)/b4-2-,5-3-,14-8-. The highest BCUT2D eigenvalue weighted by molar-refractivity contribution is 9.10. The van der Waals surface area contributed by atoms with Crippen LogP contribution in [0.2, 0.25) is 0 Å². The summed E-state index contributed by atoms with van der Waals surface area (Å²) in [5.74, 6) is 6.68. The van der Waals surface area contributed by atoms with Gasteiger partial charge in [0.1, 0.15) is 12.4 Å². The van der Waals surface area contributed by atoms with Gasteiger partial charge in [-0.1, -0.05) is 72.6 Å². The van der Waals surface area contributed by atoms with Crippen molar-refractivity contribution >= 4 is 33.7 Å². The van der Waals surface area contributed by atoms with Crippen LogP contribution in [0.1, 0.15) is 29.6 Å². The van der Waals surface area contributed by atoms with Crippen molar-refractivity contribution in [2.75, 3.05) is 12.4 Å². The minimum Gasteiger partial charge on any atom is -0.488 e. The van der Waals surface area contributed by atoms with Gasteiger partial charge in [-0.15, -0.1) is 11.8 Å². The van der Waals surface area contributed by atoms with Crippen LogP contribution in [0.15, 0.2) is 94.4 Å². The van der Waals surface area contributed by atoms with Crippen molar-refractivity contribution in [3.8, 4) is 17.6 Å². The van der Waals surface area contributed by atoms with Gasteiger partial charge in [0, 0.05) is 11.3 Å². The van der Waals surface area contributed by atoms with E-state index in [2.05, 4.69) is 58.2 Å². The predicted molar refractivity (Wildman–Crippen MR) is 133 cm³/mol. The van der Waals surface area contributed by atoms with Gasteiger partial charge < -0.3 is 9.84 Å². The zero-order valence-electron chi connectivity index (χ0n) is 17.2. The minimum atomic E-state index is -0.906. The first-order valence-electron chi connectivity index (χ1n) is 9.91. The van der Waals surface area contributed by atoms with Crippen LogP contribution >= 0.6 is 27.7 Å². The molecular formula is C26H25BrO3S. The van der Waals surface area contributed by atoms with E-state index < -0.39 is 5.97 Å². The summed E-state index contributed by atoms with van der Waals surface area (Å²) in [6, 6.07) is 14.8. The van der Waals surface area contributed by atoms with Crippen LogP contribution in [-0.2, 0) is 0 Å². The minimum absolute atomic E-state index is 0.327. The molecule has 0 aliphatic rings. The van der Waals surface area contributed by atoms with E-state index in [4.69, 9.17) is 9.84 Å². The van der Waals surface area contributed by atoms with Crippen LogP contribution in [0, 0.1) is 11.8 Å². The van der Waals surface area contributed by atoms with Gasteiger partial charge >= 0.3 is 5.97 Å². The molecule has 0 bridgehead atoms. The van der Waals surface area contributed by atoms with Crippen molar-refractivity contribution < 1.29 is 14.6 Å². The molecule has 3 nitrogen and oxygen atoms in total. The molecule has 0 aliphatic heterocycles. The van der Waals surface area contributed by atoms with Gasteiger partial charge in [0.2, 0.25) is 0 Å². The maximum absolute atomic E-state index is 11.2. The number of benzene rings is 2. The molecule has 0 unspecified atom stereocenters. The Morgan fingerprint density at radius 2 is 1.61 bits per heavy atom. The Morgan fingerprint density at radius 3 is 2.39 bits per heavy atom. The van der Waals surface area contributed by atoms with E-state index in [1.807, 2.05) is 42.5 Å². The first kappa shape index (κ1) is 24.6. The number of carboxylic acid groups (broad SMARTS) is 1. The zero-order valence-corrected chi connectivity index (χ0v) is 19.6. The van der Waals surface area contributed by atoms with Crippen molar-refractivity contribution in [2.24, 2.45) is 0 Å². The number of allylic oxidation sites excluding steroid dienone is 5. The van der Waals surface area contributed by atoms with E-state index in [0.717, 1.165) is 28.0 Å². The lowest BCUT2D eigenvalue weighted by molar-refractivity contribution is 0.0693. The molecule has 0 heterocycles. The number of carbonyl (C=O) groups is 1. The molecule has 0 saturated carbocycles. The Kier molecular flexibility index (Phi) is 12.0. The highest BCUT2D eigenvalue weighted by atomic mass is 79.9. The molecule has 2 rings (SSSR count). The lowest BCUT2D eigenvalue weighted by Crippen LogP contribution is -1.98. The second kappa shape index (κ2) is 15.2. The number of hydrogen-bond donors (Lipinski definition) is 1. The molecule has 0 radical (unpaired) electrons. The second-order valence-corrected chi connectivity index (χ2v) is 8.15. The fourth-order valence-corrected chi connectivity index (χ4v) is 3.67. The number of hydrogen-bond acceptors (Lipinski definition) is 3. The fraction of sp³-hybridized carbons (Fsp3) is 0.192. The first-order chi connectivity index (χ1) is 15.2. The molecule has 0 amide bonds. The van der Waals surface area contributed by atoms with Crippen LogP contribution < -0.4 is 4.74 Å². The van der Waals surface area contributed by atoms with Crippen LogP contribution in [0.5, 0.6) is 5.75 Å². The Balaban J connectivity index is 1.54. The van der Waals surface area contributed by atoms with E-state index in [0.29, 0.717) is 24.3 Å². The average molecular weight is 497 g/mol. The summed E-state index contributed by atoms with van der Waals surface area (Å²) in [6.45, 7) is 0.551. The van der Waals surface area contributed by atoms with Gasteiger partial charge in [-0.2, -0.15) is 0 Å². The first-order valence-corrected chi connectivity index (χ1v) is 11.7. The monoisotopic (exact) mass is 496 g/mol. The molecule has 2 aromatic rings. The predicted octanol–water partition coefficient (Wildman–Crippen LogP) is 7.16. The number of carboxylic acids is 1. The van der Waals surface area contributed by atoms with Crippen LogP contribution in [0.25, 0.3) is 0 Å². The molecule has 2 aromatic carbocycles. The summed E-state index contributed by atoms with van der Waals surface area (Å²) in [7, 11) is 0. The summed E-state index contributed by atoms with van der Waals surface area (Å²) in [5, 5.41) is 9.16. The van der Waals surface area contributed by atoms with Crippen molar-refractivity contribution in [2.45, 2.75) is 24.2 Å². The quantitative estimate of drug-likeness (QED) is 0.203.